The first kappa shape index (κ1) is 16.3. The van der Waals surface area contributed by atoms with Crippen molar-refractivity contribution in [2.24, 2.45) is 0 Å². The lowest BCUT2D eigenvalue weighted by Crippen LogP contribution is -2.06. The average molecular weight is 353 g/mol. The van der Waals surface area contributed by atoms with E-state index >= 15 is 0 Å². The Morgan fingerprint density at radius 2 is 1.57 bits per heavy atom. The molecule has 0 heterocycles. The van der Waals surface area contributed by atoms with Gasteiger partial charge in [0.1, 0.15) is 0 Å². The lowest BCUT2D eigenvalue weighted by atomic mass is 10.0. The average Bonchev–Trinajstić information content (AvgIpc) is 2.35. The van der Waals surface area contributed by atoms with Crippen LogP contribution < -0.4 is 0 Å². The highest BCUT2D eigenvalue weighted by Gasteiger charge is 2.31. The quantitative estimate of drug-likeness (QED) is 0.705. The summed E-state index contributed by atoms with van der Waals surface area (Å²) in [5.74, 6) is 0. The monoisotopic (exact) mass is 352 g/mol. The number of hydrogen-bond acceptors (Lipinski definition) is 1. The molecule has 0 N–H and O–H groups in total. The van der Waals surface area contributed by atoms with E-state index in [0.29, 0.717) is 21.2 Å². The van der Waals surface area contributed by atoms with Crippen LogP contribution in [-0.2, 0) is 17.0 Å². The smallest absolute Gasteiger partial charge is 0.255 e. The van der Waals surface area contributed by atoms with Gasteiger partial charge < -0.3 is 0 Å². The first-order chi connectivity index (χ1) is 9.68. The zero-order valence-corrected chi connectivity index (χ0v) is 13.0. The van der Waals surface area contributed by atoms with E-state index in [1.54, 1.807) is 12.1 Å². The van der Waals surface area contributed by atoms with Crippen molar-refractivity contribution in [3.63, 3.8) is 0 Å². The second kappa shape index (κ2) is 5.99. The molecule has 1 unspecified atom stereocenters. The molecule has 1 atom stereocenters. The molecule has 0 bridgehead atoms. The topological polar surface area (TPSA) is 17.1 Å². The number of alkyl halides is 3. The van der Waals surface area contributed by atoms with Gasteiger partial charge in [0, 0.05) is 21.2 Å². The highest BCUT2D eigenvalue weighted by molar-refractivity contribution is 7.84. The largest absolute Gasteiger partial charge is 0.416 e. The zero-order chi connectivity index (χ0) is 15.8. The molecule has 2 aromatic rings. The third kappa shape index (κ3) is 3.78. The van der Waals surface area contributed by atoms with Crippen LogP contribution in [0.1, 0.15) is 5.56 Å². The second-order valence-electron chi connectivity index (χ2n) is 4.32. The van der Waals surface area contributed by atoms with Crippen LogP contribution in [0.4, 0.5) is 13.2 Å². The summed E-state index contributed by atoms with van der Waals surface area (Å²) in [5, 5.41) is 0.704. The van der Waals surface area contributed by atoms with E-state index < -0.39 is 22.5 Å². The van der Waals surface area contributed by atoms with Crippen molar-refractivity contribution in [1.29, 1.82) is 0 Å². The molecule has 0 saturated carbocycles. The summed E-state index contributed by atoms with van der Waals surface area (Å²) in [6.45, 7) is 0. The number of halogens is 5. The van der Waals surface area contributed by atoms with Gasteiger partial charge in [0.15, 0.2) is 0 Å². The molecule has 1 nitrogen and oxygen atoms in total. The van der Waals surface area contributed by atoms with Crippen molar-refractivity contribution in [3.05, 3.63) is 52.0 Å². The summed E-state index contributed by atoms with van der Waals surface area (Å²) in [6.07, 6.45) is -3.16. The number of benzene rings is 2. The molecule has 112 valence electrons. The summed E-state index contributed by atoms with van der Waals surface area (Å²) in [4.78, 5) is 0.0863. The standard InChI is InChI=1S/C14H9Cl2F3OS/c1-21(20)13-6-9(14(17,18)19)2-3-12(13)8-4-10(15)7-11(16)5-8/h2-7H,1H3. The highest BCUT2D eigenvalue weighted by Crippen LogP contribution is 2.36. The van der Waals surface area contributed by atoms with Gasteiger partial charge >= 0.3 is 6.18 Å². The molecule has 0 amide bonds. The Kier molecular flexibility index (Phi) is 4.66. The first-order valence-electron chi connectivity index (χ1n) is 5.69. The van der Waals surface area contributed by atoms with Crippen LogP contribution in [0.2, 0.25) is 10.0 Å². The molecule has 7 heteroatoms. The van der Waals surface area contributed by atoms with Gasteiger partial charge in [0.25, 0.3) is 0 Å². The van der Waals surface area contributed by atoms with Crippen LogP contribution in [-0.4, -0.2) is 10.5 Å². The predicted octanol–water partition coefficient (Wildman–Crippen LogP) is 5.42. The van der Waals surface area contributed by atoms with Crippen molar-refractivity contribution < 1.29 is 17.4 Å². The van der Waals surface area contributed by atoms with Crippen molar-refractivity contribution in [1.82, 2.24) is 0 Å². The van der Waals surface area contributed by atoms with E-state index in [9.17, 15) is 17.4 Å². The molecule has 0 aliphatic heterocycles. The van der Waals surface area contributed by atoms with Gasteiger partial charge in [-0.05, 0) is 41.5 Å². The van der Waals surface area contributed by atoms with Crippen LogP contribution >= 0.6 is 23.2 Å². The normalized spacial score (nSPS) is 13.2. The van der Waals surface area contributed by atoms with Crippen molar-refractivity contribution >= 4 is 34.0 Å². The van der Waals surface area contributed by atoms with Gasteiger partial charge in [0.05, 0.1) is 16.4 Å². The van der Waals surface area contributed by atoms with Crippen molar-refractivity contribution in [2.45, 2.75) is 11.1 Å². The van der Waals surface area contributed by atoms with E-state index in [-0.39, 0.29) is 4.90 Å². The Labute approximate surface area is 132 Å². The summed E-state index contributed by atoms with van der Waals surface area (Å²) in [5.41, 5.74) is 0.0873. The van der Waals surface area contributed by atoms with Gasteiger partial charge in [-0.2, -0.15) is 13.2 Å². The minimum atomic E-state index is -4.49. The van der Waals surface area contributed by atoms with Crippen LogP contribution in [0.25, 0.3) is 11.1 Å². The predicted molar refractivity (Wildman–Crippen MR) is 79.2 cm³/mol. The Bertz CT molecular complexity index is 694. The Morgan fingerprint density at radius 1 is 1.00 bits per heavy atom. The molecule has 0 aliphatic rings. The SMILES string of the molecule is CS(=O)c1cc(C(F)(F)F)ccc1-c1cc(Cl)cc(Cl)c1. The fraction of sp³-hybridized carbons (Fsp3) is 0.143. The van der Waals surface area contributed by atoms with Gasteiger partial charge in [0.2, 0.25) is 0 Å². The Morgan fingerprint density at radius 3 is 2.05 bits per heavy atom. The molecule has 0 saturated heterocycles. The summed E-state index contributed by atoms with van der Waals surface area (Å²) < 4.78 is 50.0. The molecule has 0 spiro atoms. The van der Waals surface area contributed by atoms with Gasteiger partial charge in [-0.15, -0.1) is 0 Å². The van der Waals surface area contributed by atoms with Crippen LogP contribution in [0.3, 0.4) is 0 Å². The zero-order valence-electron chi connectivity index (χ0n) is 10.7. The third-order valence-corrected chi connectivity index (χ3v) is 4.19. The van der Waals surface area contributed by atoms with Crippen LogP contribution in [0.15, 0.2) is 41.3 Å². The molecule has 2 rings (SSSR count). The maximum absolute atomic E-state index is 12.8. The summed E-state index contributed by atoms with van der Waals surface area (Å²) in [6, 6.07) is 7.75. The Hall–Kier alpha value is -1.04. The molecule has 0 aromatic heterocycles. The van der Waals surface area contributed by atoms with Gasteiger partial charge in [-0.25, -0.2) is 0 Å². The van der Waals surface area contributed by atoms with E-state index in [1.165, 1.54) is 18.4 Å². The van der Waals surface area contributed by atoms with E-state index in [2.05, 4.69) is 0 Å². The van der Waals surface area contributed by atoms with Gasteiger partial charge in [-0.3, -0.25) is 4.21 Å². The maximum atomic E-state index is 12.8. The fourth-order valence-electron chi connectivity index (χ4n) is 1.88. The molecule has 0 fully saturated rings. The summed E-state index contributed by atoms with van der Waals surface area (Å²) in [7, 11) is -1.59. The molecular weight excluding hydrogens is 344 g/mol. The maximum Gasteiger partial charge on any atom is 0.416 e. The highest BCUT2D eigenvalue weighted by atomic mass is 35.5. The van der Waals surface area contributed by atoms with E-state index in [0.717, 1.165) is 12.1 Å². The number of rotatable bonds is 2. The van der Waals surface area contributed by atoms with Crippen LogP contribution in [0.5, 0.6) is 0 Å². The van der Waals surface area contributed by atoms with Gasteiger partial charge in [-0.1, -0.05) is 29.3 Å². The molecule has 0 aliphatic carbocycles. The minimum Gasteiger partial charge on any atom is -0.255 e. The minimum absolute atomic E-state index is 0.0863. The van der Waals surface area contributed by atoms with E-state index in [4.69, 9.17) is 23.2 Å². The number of hydrogen-bond donors (Lipinski definition) is 0. The lowest BCUT2D eigenvalue weighted by molar-refractivity contribution is -0.137. The third-order valence-electron chi connectivity index (χ3n) is 2.79. The molecule has 21 heavy (non-hydrogen) atoms. The van der Waals surface area contributed by atoms with Crippen molar-refractivity contribution in [2.75, 3.05) is 6.26 Å². The Balaban J connectivity index is 2.66. The van der Waals surface area contributed by atoms with E-state index in [1.807, 2.05) is 0 Å². The molecule has 0 radical (unpaired) electrons. The lowest BCUT2D eigenvalue weighted by Gasteiger charge is -2.13. The molecule has 2 aromatic carbocycles. The fourth-order valence-corrected chi connectivity index (χ4v) is 3.20. The van der Waals surface area contributed by atoms with Crippen LogP contribution in [0, 0.1) is 0 Å². The second-order valence-corrected chi connectivity index (χ2v) is 6.54. The van der Waals surface area contributed by atoms with Crippen molar-refractivity contribution in [3.8, 4) is 11.1 Å². The summed E-state index contributed by atoms with van der Waals surface area (Å²) >= 11 is 11.8. The first-order valence-corrected chi connectivity index (χ1v) is 8.01. The molecular formula is C14H9Cl2F3OS.